The van der Waals surface area contributed by atoms with Gasteiger partial charge in [0.25, 0.3) is 0 Å². The number of allylic oxidation sites excluding steroid dienone is 1. The second kappa shape index (κ2) is 8.52. The second-order valence-electron chi connectivity index (χ2n) is 15.0. The van der Waals surface area contributed by atoms with Gasteiger partial charge in [0.05, 0.1) is 37.9 Å². The summed E-state index contributed by atoms with van der Waals surface area (Å²) < 4.78 is 5.41. The van der Waals surface area contributed by atoms with Crippen LogP contribution in [0.1, 0.15) is 92.4 Å². The third-order valence-corrected chi connectivity index (χ3v) is 13.6. The molecule has 0 bridgehead atoms. The number of carbonyl (C=O) groups excluding carboxylic acids is 1. The van der Waals surface area contributed by atoms with Crippen molar-refractivity contribution in [2.75, 3.05) is 20.3 Å². The number of methoxy groups -OCH3 is 1. The number of carbonyl (C=O) groups is 1. The first-order valence-corrected chi connectivity index (χ1v) is 14.6. The van der Waals surface area contributed by atoms with Crippen LogP contribution in [0.3, 0.4) is 0 Å². The predicted octanol–water partition coefficient (Wildman–Crippen LogP) is 4.24. The van der Waals surface area contributed by atoms with Crippen molar-refractivity contribution in [3.05, 3.63) is 11.6 Å². The Morgan fingerprint density at radius 2 is 1.57 bits per heavy atom. The van der Waals surface area contributed by atoms with Gasteiger partial charge in [-0.1, -0.05) is 46.3 Å². The molecule has 4 fully saturated rings. The van der Waals surface area contributed by atoms with E-state index in [1.165, 1.54) is 12.7 Å². The third kappa shape index (κ3) is 3.22. The molecule has 5 aliphatic carbocycles. The minimum absolute atomic E-state index is 0.0485. The molecule has 4 saturated carbocycles. The minimum atomic E-state index is -0.866. The molecule has 0 aromatic carbocycles. The van der Waals surface area contributed by atoms with Crippen molar-refractivity contribution in [1.82, 2.24) is 0 Å². The molecular weight excluding hydrogens is 468 g/mol. The second-order valence-corrected chi connectivity index (χ2v) is 15.0. The Morgan fingerprint density at radius 3 is 2.19 bits per heavy atom. The van der Waals surface area contributed by atoms with E-state index in [0.717, 1.165) is 51.4 Å². The Hall–Kier alpha value is -0.950. The van der Waals surface area contributed by atoms with Gasteiger partial charge in [0.15, 0.2) is 0 Å². The van der Waals surface area contributed by atoms with Gasteiger partial charge in [-0.05, 0) is 91.3 Å². The molecule has 6 heteroatoms. The van der Waals surface area contributed by atoms with Gasteiger partial charge < -0.3 is 25.2 Å². The largest absolute Gasteiger partial charge is 0.469 e. The maximum absolute atomic E-state index is 13.4. The fourth-order valence-electron chi connectivity index (χ4n) is 10.9. The first-order valence-electron chi connectivity index (χ1n) is 14.6. The van der Waals surface area contributed by atoms with Crippen molar-refractivity contribution in [3.8, 4) is 0 Å². The Balaban J connectivity index is 1.62. The van der Waals surface area contributed by atoms with Crippen molar-refractivity contribution < 1.29 is 30.0 Å². The summed E-state index contributed by atoms with van der Waals surface area (Å²) in [5, 5.41) is 43.8. The molecule has 210 valence electrons. The summed E-state index contributed by atoms with van der Waals surface area (Å²) in [6.45, 7) is 11.0. The van der Waals surface area contributed by atoms with Gasteiger partial charge in [0, 0.05) is 11.3 Å². The highest BCUT2D eigenvalue weighted by Gasteiger charge is 2.71. The molecule has 4 N–H and O–H groups in total. The van der Waals surface area contributed by atoms with E-state index >= 15 is 0 Å². The summed E-state index contributed by atoms with van der Waals surface area (Å²) in [4.78, 5) is 13.4. The SMILES string of the molecule is COC(=O)[C@@]12CCC(C)(C)[C@H](O)[C@H]1C1=CC[C@H]3[C@@]4(C)CC[C@@H](O)C(CO)(CO)[C@H]4CC[C@]3(C)[C@@]1(C)CC2. The molecule has 0 radical (unpaired) electrons. The number of rotatable bonds is 3. The van der Waals surface area contributed by atoms with Gasteiger partial charge in [-0.15, -0.1) is 0 Å². The zero-order valence-corrected chi connectivity index (χ0v) is 23.8. The number of hydrogen-bond donors (Lipinski definition) is 4. The average Bonchev–Trinajstić information content (AvgIpc) is 2.87. The van der Waals surface area contributed by atoms with Crippen LogP contribution >= 0.6 is 0 Å². The molecule has 0 heterocycles. The normalized spacial score (nSPS) is 50.0. The summed E-state index contributed by atoms with van der Waals surface area (Å²) in [7, 11) is 1.48. The van der Waals surface area contributed by atoms with Gasteiger partial charge in [-0.25, -0.2) is 0 Å². The van der Waals surface area contributed by atoms with Crippen LogP contribution in [0.2, 0.25) is 0 Å². The van der Waals surface area contributed by atoms with Gasteiger partial charge in [0.2, 0.25) is 0 Å². The monoisotopic (exact) mass is 518 g/mol. The lowest BCUT2D eigenvalue weighted by molar-refractivity contribution is -0.233. The van der Waals surface area contributed by atoms with Gasteiger partial charge in [-0.3, -0.25) is 4.79 Å². The van der Waals surface area contributed by atoms with E-state index in [1.54, 1.807) is 0 Å². The Labute approximate surface area is 222 Å². The lowest BCUT2D eigenvalue weighted by atomic mass is 9.33. The van der Waals surface area contributed by atoms with Crippen molar-refractivity contribution in [1.29, 1.82) is 0 Å². The number of ether oxygens (including phenoxy) is 1. The number of esters is 1. The van der Waals surface area contributed by atoms with Gasteiger partial charge >= 0.3 is 5.97 Å². The third-order valence-electron chi connectivity index (χ3n) is 13.6. The number of aliphatic hydroxyl groups is 4. The highest BCUT2D eigenvalue weighted by Crippen LogP contribution is 2.75. The van der Waals surface area contributed by atoms with Crippen molar-refractivity contribution >= 4 is 5.97 Å². The van der Waals surface area contributed by atoms with Crippen molar-refractivity contribution in [2.45, 2.75) is 105 Å². The van der Waals surface area contributed by atoms with Crippen molar-refractivity contribution in [3.63, 3.8) is 0 Å². The van der Waals surface area contributed by atoms with Crippen LogP contribution in [0, 0.1) is 50.2 Å². The highest BCUT2D eigenvalue weighted by molar-refractivity contribution is 5.79. The maximum Gasteiger partial charge on any atom is 0.312 e. The predicted molar refractivity (Wildman–Crippen MR) is 141 cm³/mol. The van der Waals surface area contributed by atoms with E-state index in [1.807, 2.05) is 0 Å². The number of fused-ring (bicyclic) bond motifs is 7. The lowest BCUT2D eigenvalue weighted by Gasteiger charge is -2.71. The van der Waals surface area contributed by atoms with Crippen LogP contribution in [0.25, 0.3) is 0 Å². The number of hydrogen-bond acceptors (Lipinski definition) is 6. The molecule has 6 nitrogen and oxygen atoms in total. The molecular formula is C31H50O6. The van der Waals surface area contributed by atoms with E-state index in [2.05, 4.69) is 40.7 Å². The standard InChI is InChI=1S/C31H50O6/c1-26(2)13-15-30(25(36)37-6)16-14-28(4)19(23(30)24(26)35)7-8-20-27(3)11-10-22(34)31(17-32,18-33)21(27)9-12-29(20,28)5/h7,20-24,32-35H,8-18H2,1-6H3/t20-,21-,22+,23+,24+,27+,28-,29-,30+/m0/s1. The molecule has 0 aliphatic heterocycles. The molecule has 0 aromatic heterocycles. The average molecular weight is 519 g/mol. The first-order chi connectivity index (χ1) is 17.2. The summed E-state index contributed by atoms with van der Waals surface area (Å²) in [5.74, 6) is -0.0352. The van der Waals surface area contributed by atoms with Crippen LogP contribution in [0.4, 0.5) is 0 Å². The fraction of sp³-hybridized carbons (Fsp3) is 0.903. The lowest BCUT2D eigenvalue weighted by Crippen LogP contribution is -2.68. The van der Waals surface area contributed by atoms with E-state index in [4.69, 9.17) is 4.74 Å². The van der Waals surface area contributed by atoms with Crippen LogP contribution in [0.15, 0.2) is 11.6 Å². The molecule has 0 spiro atoms. The van der Waals surface area contributed by atoms with Crippen molar-refractivity contribution in [2.24, 2.45) is 50.2 Å². The Morgan fingerprint density at radius 1 is 0.919 bits per heavy atom. The van der Waals surface area contributed by atoms with Gasteiger partial charge in [-0.2, -0.15) is 0 Å². The fourth-order valence-corrected chi connectivity index (χ4v) is 10.9. The van der Waals surface area contributed by atoms with Crippen LogP contribution in [-0.4, -0.2) is 58.9 Å². The zero-order valence-electron chi connectivity index (χ0n) is 23.8. The Kier molecular flexibility index (Phi) is 6.36. The van der Waals surface area contributed by atoms with Crippen LogP contribution in [-0.2, 0) is 9.53 Å². The molecule has 0 amide bonds. The van der Waals surface area contributed by atoms with Gasteiger partial charge in [0.1, 0.15) is 0 Å². The smallest absolute Gasteiger partial charge is 0.312 e. The van der Waals surface area contributed by atoms with E-state index in [-0.39, 0.29) is 52.7 Å². The molecule has 0 aromatic rings. The molecule has 0 unspecified atom stereocenters. The summed E-state index contributed by atoms with van der Waals surface area (Å²) in [6, 6.07) is 0. The molecule has 0 saturated heterocycles. The summed E-state index contributed by atoms with van der Waals surface area (Å²) in [6.07, 6.45) is 8.36. The number of aliphatic hydroxyl groups excluding tert-OH is 4. The molecule has 9 atom stereocenters. The zero-order chi connectivity index (χ0) is 27.2. The first kappa shape index (κ1) is 27.6. The minimum Gasteiger partial charge on any atom is -0.469 e. The molecule has 5 rings (SSSR count). The van der Waals surface area contributed by atoms with E-state index < -0.39 is 23.0 Å². The molecule has 5 aliphatic rings. The maximum atomic E-state index is 13.4. The highest BCUT2D eigenvalue weighted by atomic mass is 16.5. The van der Waals surface area contributed by atoms with E-state index in [0.29, 0.717) is 12.3 Å². The van der Waals surface area contributed by atoms with E-state index in [9.17, 15) is 25.2 Å². The summed E-state index contributed by atoms with van der Waals surface area (Å²) in [5.41, 5.74) is -0.889. The van der Waals surface area contributed by atoms with Crippen LogP contribution in [0.5, 0.6) is 0 Å². The Bertz CT molecular complexity index is 969. The topological polar surface area (TPSA) is 107 Å². The van der Waals surface area contributed by atoms with Crippen LogP contribution < -0.4 is 0 Å². The molecule has 37 heavy (non-hydrogen) atoms. The summed E-state index contributed by atoms with van der Waals surface area (Å²) >= 11 is 0. The quantitative estimate of drug-likeness (QED) is 0.329.